The molecule has 3 rings (SSSR count). The largest absolute Gasteiger partial charge is 0.496 e. The minimum atomic E-state index is -0.435. The number of rotatable bonds is 7. The Hall–Kier alpha value is -3.54. The molecule has 1 heterocycles. The van der Waals surface area contributed by atoms with Crippen molar-refractivity contribution >= 4 is 11.6 Å². The highest BCUT2D eigenvalue weighted by molar-refractivity contribution is 6.02. The van der Waals surface area contributed by atoms with Gasteiger partial charge < -0.3 is 13.9 Å². The van der Waals surface area contributed by atoms with E-state index in [-0.39, 0.29) is 12.4 Å². The fourth-order valence-electron chi connectivity index (χ4n) is 2.44. The summed E-state index contributed by atoms with van der Waals surface area (Å²) >= 11 is 0. The van der Waals surface area contributed by atoms with Crippen molar-refractivity contribution in [2.45, 2.75) is 13.5 Å². The minimum Gasteiger partial charge on any atom is -0.496 e. The molecule has 0 spiro atoms. The Morgan fingerprint density at radius 1 is 1.04 bits per heavy atom. The van der Waals surface area contributed by atoms with Crippen molar-refractivity contribution in [1.82, 2.24) is 5.43 Å². The van der Waals surface area contributed by atoms with Gasteiger partial charge in [0, 0.05) is 5.56 Å². The molecule has 6 heteroatoms. The van der Waals surface area contributed by atoms with Gasteiger partial charge in [-0.05, 0) is 43.3 Å². The number of furan rings is 1. The molecule has 2 aromatic carbocycles. The zero-order valence-corrected chi connectivity index (χ0v) is 15.1. The van der Waals surface area contributed by atoms with Crippen LogP contribution in [0, 0.1) is 0 Å². The lowest BCUT2D eigenvalue weighted by Gasteiger charge is -2.07. The van der Waals surface area contributed by atoms with E-state index in [1.54, 1.807) is 26.2 Å². The van der Waals surface area contributed by atoms with E-state index in [2.05, 4.69) is 10.5 Å². The zero-order chi connectivity index (χ0) is 19.1. The first-order chi connectivity index (χ1) is 13.2. The van der Waals surface area contributed by atoms with Crippen LogP contribution < -0.4 is 14.9 Å². The number of carbonyl (C=O) groups excluding carboxylic acids is 1. The number of ether oxygens (including phenoxy) is 2. The van der Waals surface area contributed by atoms with E-state index in [1.807, 2.05) is 54.6 Å². The molecule has 0 radical (unpaired) electrons. The van der Waals surface area contributed by atoms with Gasteiger partial charge in [0.25, 0.3) is 0 Å². The highest BCUT2D eigenvalue weighted by Gasteiger charge is 2.12. The number of hydrazone groups is 1. The third-order valence-electron chi connectivity index (χ3n) is 3.83. The van der Waals surface area contributed by atoms with Gasteiger partial charge in [-0.3, -0.25) is 4.79 Å². The SMILES string of the molecule is COc1ccccc1/C(C)=N\NC(=O)c1ccc(COc2ccccc2)o1. The quantitative estimate of drug-likeness (QED) is 0.508. The van der Waals surface area contributed by atoms with E-state index in [1.165, 1.54) is 0 Å². The second kappa shape index (κ2) is 8.71. The molecular formula is C21H20N2O4. The van der Waals surface area contributed by atoms with Gasteiger partial charge in [-0.1, -0.05) is 30.3 Å². The van der Waals surface area contributed by atoms with Crippen molar-refractivity contribution in [1.29, 1.82) is 0 Å². The average Bonchev–Trinajstić information content (AvgIpc) is 3.20. The van der Waals surface area contributed by atoms with Crippen molar-refractivity contribution in [2.75, 3.05) is 7.11 Å². The van der Waals surface area contributed by atoms with Gasteiger partial charge >= 0.3 is 5.91 Å². The van der Waals surface area contributed by atoms with Gasteiger partial charge in [0.2, 0.25) is 0 Å². The van der Waals surface area contributed by atoms with Crippen LogP contribution in [0.25, 0.3) is 0 Å². The molecule has 1 amide bonds. The maximum atomic E-state index is 12.2. The van der Waals surface area contributed by atoms with Crippen LogP contribution >= 0.6 is 0 Å². The number of nitrogens with zero attached hydrogens (tertiary/aromatic N) is 1. The molecule has 1 aromatic heterocycles. The molecule has 0 atom stereocenters. The normalized spacial score (nSPS) is 11.1. The molecule has 0 aliphatic carbocycles. The molecule has 3 aromatic rings. The van der Waals surface area contributed by atoms with Gasteiger partial charge in [-0.25, -0.2) is 5.43 Å². The van der Waals surface area contributed by atoms with E-state index >= 15 is 0 Å². The lowest BCUT2D eigenvalue weighted by Crippen LogP contribution is -2.19. The first-order valence-corrected chi connectivity index (χ1v) is 8.42. The number of methoxy groups -OCH3 is 1. The number of carbonyl (C=O) groups is 1. The highest BCUT2D eigenvalue weighted by Crippen LogP contribution is 2.18. The second-order valence-electron chi connectivity index (χ2n) is 5.71. The van der Waals surface area contributed by atoms with Crippen molar-refractivity contribution in [3.8, 4) is 11.5 Å². The third kappa shape index (κ3) is 4.76. The van der Waals surface area contributed by atoms with Crippen LogP contribution in [0.2, 0.25) is 0 Å². The summed E-state index contributed by atoms with van der Waals surface area (Å²) in [4.78, 5) is 12.2. The van der Waals surface area contributed by atoms with E-state index < -0.39 is 5.91 Å². The summed E-state index contributed by atoms with van der Waals surface area (Å²) in [5.41, 5.74) is 3.92. The van der Waals surface area contributed by atoms with Crippen molar-refractivity contribution in [2.24, 2.45) is 5.10 Å². The minimum absolute atomic E-state index is 0.165. The van der Waals surface area contributed by atoms with Crippen molar-refractivity contribution in [3.63, 3.8) is 0 Å². The van der Waals surface area contributed by atoms with Gasteiger partial charge in [-0.15, -0.1) is 0 Å². The van der Waals surface area contributed by atoms with Crippen LogP contribution in [-0.2, 0) is 6.61 Å². The first-order valence-electron chi connectivity index (χ1n) is 8.42. The van der Waals surface area contributed by atoms with Gasteiger partial charge in [-0.2, -0.15) is 5.10 Å². The Bertz CT molecular complexity index is 932. The number of para-hydroxylation sites is 2. The molecule has 0 saturated heterocycles. The summed E-state index contributed by atoms with van der Waals surface area (Å²) < 4.78 is 16.4. The predicted octanol–water partition coefficient (Wildman–Crippen LogP) is 4.02. The first kappa shape index (κ1) is 18.3. The summed E-state index contributed by atoms with van der Waals surface area (Å²) in [5.74, 6) is 1.70. The van der Waals surface area contributed by atoms with Crippen LogP contribution in [0.15, 0.2) is 76.2 Å². The van der Waals surface area contributed by atoms with E-state index in [0.717, 1.165) is 11.3 Å². The Labute approximate surface area is 157 Å². The highest BCUT2D eigenvalue weighted by atomic mass is 16.5. The number of hydrogen-bond acceptors (Lipinski definition) is 5. The van der Waals surface area contributed by atoms with Crippen LogP contribution in [0.5, 0.6) is 11.5 Å². The average molecular weight is 364 g/mol. The summed E-state index contributed by atoms with van der Waals surface area (Å²) in [6.07, 6.45) is 0. The number of benzene rings is 2. The molecule has 0 unspecified atom stereocenters. The van der Waals surface area contributed by atoms with Gasteiger partial charge in [0.05, 0.1) is 12.8 Å². The molecule has 0 fully saturated rings. The maximum Gasteiger partial charge on any atom is 0.307 e. The van der Waals surface area contributed by atoms with Gasteiger partial charge in [0.1, 0.15) is 23.9 Å². The summed E-state index contributed by atoms with van der Waals surface area (Å²) in [5, 5.41) is 4.13. The fraction of sp³-hybridized carbons (Fsp3) is 0.143. The lowest BCUT2D eigenvalue weighted by atomic mass is 10.1. The number of amides is 1. The zero-order valence-electron chi connectivity index (χ0n) is 15.1. The summed E-state index contributed by atoms with van der Waals surface area (Å²) in [6.45, 7) is 2.03. The Balaban J connectivity index is 1.60. The fourth-order valence-corrected chi connectivity index (χ4v) is 2.44. The molecule has 1 N–H and O–H groups in total. The van der Waals surface area contributed by atoms with E-state index in [4.69, 9.17) is 13.9 Å². The number of nitrogens with one attached hydrogen (secondary N) is 1. The molecule has 0 aliphatic heterocycles. The molecule has 6 nitrogen and oxygen atoms in total. The van der Waals surface area contributed by atoms with Crippen LogP contribution in [-0.4, -0.2) is 18.7 Å². The van der Waals surface area contributed by atoms with E-state index in [0.29, 0.717) is 17.2 Å². The Kier molecular flexibility index (Phi) is 5.89. The summed E-state index contributed by atoms with van der Waals surface area (Å²) in [7, 11) is 1.59. The standard InChI is InChI=1S/C21H20N2O4/c1-15(18-10-6-7-11-19(18)25-2)22-23-21(24)20-13-12-17(27-20)14-26-16-8-4-3-5-9-16/h3-13H,14H2,1-2H3,(H,23,24)/b22-15-. The lowest BCUT2D eigenvalue weighted by molar-refractivity contribution is 0.0923. The van der Waals surface area contributed by atoms with Crippen molar-refractivity contribution < 1.29 is 18.7 Å². The van der Waals surface area contributed by atoms with E-state index in [9.17, 15) is 4.79 Å². The smallest absolute Gasteiger partial charge is 0.307 e. The monoisotopic (exact) mass is 364 g/mol. The molecule has 27 heavy (non-hydrogen) atoms. The second-order valence-corrected chi connectivity index (χ2v) is 5.71. The molecule has 0 saturated carbocycles. The topological polar surface area (TPSA) is 73.1 Å². The summed E-state index contributed by atoms with van der Waals surface area (Å²) in [6, 6.07) is 20.1. The predicted molar refractivity (Wildman–Crippen MR) is 102 cm³/mol. The Morgan fingerprint density at radius 3 is 2.56 bits per heavy atom. The van der Waals surface area contributed by atoms with Crippen LogP contribution in [0.1, 0.15) is 28.8 Å². The maximum absolute atomic E-state index is 12.2. The van der Waals surface area contributed by atoms with Crippen LogP contribution in [0.3, 0.4) is 0 Å². The number of hydrogen-bond donors (Lipinski definition) is 1. The molecular weight excluding hydrogens is 344 g/mol. The molecule has 138 valence electrons. The Morgan fingerprint density at radius 2 is 1.78 bits per heavy atom. The van der Waals surface area contributed by atoms with Crippen LogP contribution in [0.4, 0.5) is 0 Å². The molecule has 0 bridgehead atoms. The van der Waals surface area contributed by atoms with Crippen molar-refractivity contribution in [3.05, 3.63) is 83.8 Å². The van der Waals surface area contributed by atoms with Gasteiger partial charge in [0.15, 0.2) is 5.76 Å². The third-order valence-corrected chi connectivity index (χ3v) is 3.83. The molecule has 0 aliphatic rings.